The van der Waals surface area contributed by atoms with E-state index in [1.165, 1.54) is 25.9 Å². The second kappa shape index (κ2) is 7.28. The highest BCUT2D eigenvalue weighted by Gasteiger charge is 2.17. The summed E-state index contributed by atoms with van der Waals surface area (Å²) in [6.07, 6.45) is 2.60. The van der Waals surface area contributed by atoms with Gasteiger partial charge in [0.2, 0.25) is 0 Å². The molecule has 1 aliphatic rings. The number of nitrogens with zero attached hydrogens (tertiary/aromatic N) is 2. The van der Waals surface area contributed by atoms with E-state index in [2.05, 4.69) is 23.3 Å². The Labute approximate surface area is 116 Å². The number of nitriles is 1. The average Bonchev–Trinajstić information content (AvgIpc) is 2.45. The van der Waals surface area contributed by atoms with Crippen molar-refractivity contribution in [2.24, 2.45) is 5.92 Å². The monoisotopic (exact) mass is 257 g/mol. The van der Waals surface area contributed by atoms with Crippen molar-refractivity contribution in [3.8, 4) is 6.07 Å². The minimum Gasteiger partial charge on any atom is -0.315 e. The second-order valence-corrected chi connectivity index (χ2v) is 5.52. The molecule has 19 heavy (non-hydrogen) atoms. The molecular weight excluding hydrogens is 234 g/mol. The maximum absolute atomic E-state index is 9.26. The molecule has 0 radical (unpaired) electrons. The van der Waals surface area contributed by atoms with E-state index < -0.39 is 0 Å². The number of rotatable bonds is 5. The number of piperidine rings is 1. The number of benzene rings is 1. The van der Waals surface area contributed by atoms with Gasteiger partial charge in [-0.05, 0) is 44.5 Å². The minimum absolute atomic E-state index is 0.0393. The van der Waals surface area contributed by atoms with Crippen LogP contribution in [0.3, 0.4) is 0 Å². The average molecular weight is 257 g/mol. The van der Waals surface area contributed by atoms with Crippen LogP contribution in [0.1, 0.15) is 24.3 Å². The van der Waals surface area contributed by atoms with Crippen molar-refractivity contribution in [3.05, 3.63) is 35.9 Å². The summed E-state index contributed by atoms with van der Waals surface area (Å²) in [6.45, 7) is 4.17. The molecule has 1 saturated heterocycles. The fraction of sp³-hybridized carbons (Fsp3) is 0.562. The van der Waals surface area contributed by atoms with E-state index in [0.29, 0.717) is 0 Å². The van der Waals surface area contributed by atoms with Crippen molar-refractivity contribution in [1.82, 2.24) is 10.2 Å². The topological polar surface area (TPSA) is 39.1 Å². The molecule has 102 valence electrons. The Hall–Kier alpha value is -1.37. The standard InChI is InChI=1S/C16H23N3/c1-19-9-5-6-14(13-19)11-18-12-16(10-17)15-7-3-2-4-8-15/h2-4,7-8,14,16,18H,5-6,9,11-13H2,1H3. The number of likely N-dealkylation sites (tertiary alicyclic amines) is 1. The largest absolute Gasteiger partial charge is 0.315 e. The van der Waals surface area contributed by atoms with Crippen LogP contribution in [0.4, 0.5) is 0 Å². The van der Waals surface area contributed by atoms with Gasteiger partial charge in [-0.2, -0.15) is 5.26 Å². The summed E-state index contributed by atoms with van der Waals surface area (Å²) in [4.78, 5) is 2.40. The zero-order chi connectivity index (χ0) is 13.5. The molecule has 1 N–H and O–H groups in total. The van der Waals surface area contributed by atoms with Crippen molar-refractivity contribution < 1.29 is 0 Å². The third-order valence-electron chi connectivity index (χ3n) is 3.86. The number of nitrogens with one attached hydrogen (secondary N) is 1. The molecule has 1 heterocycles. The van der Waals surface area contributed by atoms with Gasteiger partial charge in [0.05, 0.1) is 12.0 Å². The van der Waals surface area contributed by atoms with E-state index in [9.17, 15) is 5.26 Å². The molecule has 1 aliphatic heterocycles. The maximum atomic E-state index is 9.26. The van der Waals surface area contributed by atoms with E-state index in [4.69, 9.17) is 0 Å². The molecule has 1 aromatic rings. The van der Waals surface area contributed by atoms with Crippen LogP contribution >= 0.6 is 0 Å². The zero-order valence-electron chi connectivity index (χ0n) is 11.7. The lowest BCUT2D eigenvalue weighted by Gasteiger charge is -2.30. The molecule has 0 aromatic heterocycles. The molecule has 3 nitrogen and oxygen atoms in total. The van der Waals surface area contributed by atoms with Gasteiger partial charge in [-0.25, -0.2) is 0 Å². The van der Waals surface area contributed by atoms with Gasteiger partial charge in [-0.3, -0.25) is 0 Å². The zero-order valence-corrected chi connectivity index (χ0v) is 11.7. The fourth-order valence-corrected chi connectivity index (χ4v) is 2.80. The van der Waals surface area contributed by atoms with Crippen LogP contribution in [-0.2, 0) is 0 Å². The van der Waals surface area contributed by atoms with Gasteiger partial charge in [-0.15, -0.1) is 0 Å². The van der Waals surface area contributed by atoms with Crippen LogP contribution in [0.2, 0.25) is 0 Å². The lowest BCUT2D eigenvalue weighted by atomic mass is 9.97. The lowest BCUT2D eigenvalue weighted by Crippen LogP contribution is -2.38. The Balaban J connectivity index is 1.76. The van der Waals surface area contributed by atoms with Crippen LogP contribution < -0.4 is 5.32 Å². The maximum Gasteiger partial charge on any atom is 0.0837 e. The van der Waals surface area contributed by atoms with Gasteiger partial charge in [0.1, 0.15) is 0 Å². The predicted octanol–water partition coefficient (Wildman–Crippen LogP) is 2.23. The van der Waals surface area contributed by atoms with Gasteiger partial charge < -0.3 is 10.2 Å². The van der Waals surface area contributed by atoms with Crippen LogP contribution in [-0.4, -0.2) is 38.1 Å². The Morgan fingerprint density at radius 3 is 2.89 bits per heavy atom. The van der Waals surface area contributed by atoms with Crippen molar-refractivity contribution in [2.45, 2.75) is 18.8 Å². The molecule has 0 saturated carbocycles. The van der Waals surface area contributed by atoms with E-state index >= 15 is 0 Å². The predicted molar refractivity (Wildman–Crippen MR) is 77.9 cm³/mol. The highest BCUT2D eigenvalue weighted by atomic mass is 15.1. The van der Waals surface area contributed by atoms with E-state index in [0.717, 1.165) is 24.6 Å². The summed E-state index contributed by atoms with van der Waals surface area (Å²) in [6, 6.07) is 12.4. The molecule has 0 amide bonds. The van der Waals surface area contributed by atoms with Crippen LogP contribution in [0, 0.1) is 17.2 Å². The molecule has 0 bridgehead atoms. The Morgan fingerprint density at radius 1 is 1.42 bits per heavy atom. The Bertz CT molecular complexity index is 410. The molecule has 0 aliphatic carbocycles. The van der Waals surface area contributed by atoms with Gasteiger partial charge in [0.25, 0.3) is 0 Å². The molecule has 1 aromatic carbocycles. The number of hydrogen-bond acceptors (Lipinski definition) is 3. The fourth-order valence-electron chi connectivity index (χ4n) is 2.80. The summed E-state index contributed by atoms with van der Waals surface area (Å²) < 4.78 is 0. The molecule has 1 fully saturated rings. The summed E-state index contributed by atoms with van der Waals surface area (Å²) in [5.74, 6) is 0.691. The van der Waals surface area contributed by atoms with Gasteiger partial charge in [-0.1, -0.05) is 30.3 Å². The third-order valence-corrected chi connectivity index (χ3v) is 3.86. The first kappa shape index (κ1) is 14.0. The van der Waals surface area contributed by atoms with Crippen LogP contribution in [0.15, 0.2) is 30.3 Å². The first-order chi connectivity index (χ1) is 9.29. The van der Waals surface area contributed by atoms with Crippen LogP contribution in [0.25, 0.3) is 0 Å². The number of hydrogen-bond donors (Lipinski definition) is 1. The van der Waals surface area contributed by atoms with E-state index in [-0.39, 0.29) is 5.92 Å². The molecular formula is C16H23N3. The molecule has 3 heteroatoms. The lowest BCUT2D eigenvalue weighted by molar-refractivity contribution is 0.206. The van der Waals surface area contributed by atoms with E-state index in [1.54, 1.807) is 0 Å². The summed E-state index contributed by atoms with van der Waals surface area (Å²) in [5, 5.41) is 12.7. The van der Waals surface area contributed by atoms with Gasteiger partial charge in [0, 0.05) is 13.1 Å². The molecule has 2 unspecified atom stereocenters. The highest BCUT2D eigenvalue weighted by Crippen LogP contribution is 2.16. The summed E-state index contributed by atoms with van der Waals surface area (Å²) >= 11 is 0. The van der Waals surface area contributed by atoms with Crippen molar-refractivity contribution in [2.75, 3.05) is 33.2 Å². The second-order valence-electron chi connectivity index (χ2n) is 5.52. The third kappa shape index (κ3) is 4.34. The first-order valence-electron chi connectivity index (χ1n) is 7.13. The molecule has 0 spiro atoms. The van der Waals surface area contributed by atoms with Gasteiger partial charge in [0.15, 0.2) is 0 Å². The quantitative estimate of drug-likeness (QED) is 0.879. The van der Waals surface area contributed by atoms with Crippen molar-refractivity contribution in [1.29, 1.82) is 5.26 Å². The molecule has 2 rings (SSSR count). The minimum atomic E-state index is -0.0393. The summed E-state index contributed by atoms with van der Waals surface area (Å²) in [5.41, 5.74) is 1.11. The van der Waals surface area contributed by atoms with Crippen molar-refractivity contribution in [3.63, 3.8) is 0 Å². The normalized spacial score (nSPS) is 21.8. The van der Waals surface area contributed by atoms with E-state index in [1.807, 2.05) is 30.3 Å². The Morgan fingerprint density at radius 2 is 2.21 bits per heavy atom. The highest BCUT2D eigenvalue weighted by molar-refractivity contribution is 5.24. The van der Waals surface area contributed by atoms with Crippen LogP contribution in [0.5, 0.6) is 0 Å². The Kier molecular flexibility index (Phi) is 5.38. The summed E-state index contributed by atoms with van der Waals surface area (Å²) in [7, 11) is 2.19. The SMILES string of the molecule is CN1CCCC(CNCC(C#N)c2ccccc2)C1. The smallest absolute Gasteiger partial charge is 0.0837 e. The first-order valence-corrected chi connectivity index (χ1v) is 7.13. The van der Waals surface area contributed by atoms with Gasteiger partial charge >= 0.3 is 0 Å². The molecule has 2 atom stereocenters. The van der Waals surface area contributed by atoms with Crippen molar-refractivity contribution >= 4 is 0 Å².